The van der Waals surface area contributed by atoms with E-state index < -0.39 is 5.97 Å². The average Bonchev–Trinajstić information content (AvgIpc) is 2.26. The zero-order valence-electron chi connectivity index (χ0n) is 10.1. The van der Waals surface area contributed by atoms with E-state index in [0.29, 0.717) is 21.4 Å². The fourth-order valence-electron chi connectivity index (χ4n) is 1.73. The molecule has 5 heteroatoms. The molecule has 0 saturated heterocycles. The molecule has 0 amide bonds. The summed E-state index contributed by atoms with van der Waals surface area (Å²) in [5.74, 6) is -0.990. The summed E-state index contributed by atoms with van der Waals surface area (Å²) in [6.07, 6.45) is 0. The van der Waals surface area contributed by atoms with E-state index in [1.54, 1.807) is 36.4 Å². The van der Waals surface area contributed by atoms with Gasteiger partial charge in [-0.2, -0.15) is 0 Å². The normalized spacial score (nSPS) is 10.3. The van der Waals surface area contributed by atoms with Gasteiger partial charge in [0.1, 0.15) is 0 Å². The van der Waals surface area contributed by atoms with E-state index in [2.05, 4.69) is 5.32 Å². The van der Waals surface area contributed by atoms with Gasteiger partial charge in [-0.25, -0.2) is 4.79 Å². The van der Waals surface area contributed by atoms with Gasteiger partial charge in [0.25, 0.3) is 0 Å². The summed E-state index contributed by atoms with van der Waals surface area (Å²) in [4.78, 5) is 11.2. The lowest BCUT2D eigenvalue weighted by molar-refractivity contribution is 0.0698. The molecule has 0 aromatic heterocycles. The molecule has 0 heterocycles. The number of hydrogen-bond acceptors (Lipinski definition) is 2. The second kappa shape index (κ2) is 5.51. The number of carboxylic acid groups (broad SMARTS) is 1. The van der Waals surface area contributed by atoms with E-state index in [1.165, 1.54) is 0 Å². The third kappa shape index (κ3) is 3.40. The van der Waals surface area contributed by atoms with Crippen molar-refractivity contribution in [3.63, 3.8) is 0 Å². The van der Waals surface area contributed by atoms with Crippen LogP contribution in [0.1, 0.15) is 15.9 Å². The van der Waals surface area contributed by atoms with Gasteiger partial charge in [0.2, 0.25) is 0 Å². The van der Waals surface area contributed by atoms with Gasteiger partial charge in [0.15, 0.2) is 0 Å². The molecule has 2 rings (SSSR count). The van der Waals surface area contributed by atoms with E-state index in [4.69, 9.17) is 28.3 Å². The summed E-state index contributed by atoms with van der Waals surface area (Å²) in [7, 11) is 0. The van der Waals surface area contributed by atoms with Crippen LogP contribution in [0.5, 0.6) is 0 Å². The largest absolute Gasteiger partial charge is 0.478 e. The lowest BCUT2D eigenvalue weighted by Gasteiger charge is -2.11. The molecule has 0 radical (unpaired) electrons. The third-order valence-corrected chi connectivity index (χ3v) is 2.98. The molecule has 0 spiro atoms. The number of benzene rings is 2. The molecule has 2 N–H and O–H groups in total. The van der Waals surface area contributed by atoms with E-state index in [1.807, 2.05) is 6.92 Å². The first-order valence-corrected chi connectivity index (χ1v) is 6.28. The molecule has 2 aromatic carbocycles. The Balaban J connectivity index is 2.42. The Morgan fingerprint density at radius 2 is 1.74 bits per heavy atom. The predicted octanol–water partition coefficient (Wildman–Crippen LogP) is 4.74. The summed E-state index contributed by atoms with van der Waals surface area (Å²) in [5, 5.41) is 13.1. The molecule has 2 aromatic rings. The summed E-state index contributed by atoms with van der Waals surface area (Å²) in [6, 6.07) is 10.1. The van der Waals surface area contributed by atoms with Gasteiger partial charge in [-0.05, 0) is 42.8 Å². The van der Waals surface area contributed by atoms with Crippen LogP contribution in [0.4, 0.5) is 11.4 Å². The van der Waals surface area contributed by atoms with Crippen molar-refractivity contribution < 1.29 is 9.90 Å². The quantitative estimate of drug-likeness (QED) is 0.859. The van der Waals surface area contributed by atoms with Crippen molar-refractivity contribution in [2.75, 3.05) is 5.32 Å². The number of carbonyl (C=O) groups is 1. The number of nitrogens with one attached hydrogen (secondary N) is 1. The molecule has 0 fully saturated rings. The highest BCUT2D eigenvalue weighted by Crippen LogP contribution is 2.27. The van der Waals surface area contributed by atoms with Crippen LogP contribution in [0.25, 0.3) is 0 Å². The summed E-state index contributed by atoms with van der Waals surface area (Å²) >= 11 is 11.8. The maximum Gasteiger partial charge on any atom is 0.337 e. The molecule has 98 valence electrons. The second-order valence-electron chi connectivity index (χ2n) is 4.14. The van der Waals surface area contributed by atoms with Crippen LogP contribution in [0.15, 0.2) is 36.4 Å². The smallest absolute Gasteiger partial charge is 0.337 e. The van der Waals surface area contributed by atoms with Gasteiger partial charge in [-0.3, -0.25) is 0 Å². The minimum absolute atomic E-state index is 0.196. The molecular formula is C14H11Cl2NO2. The highest BCUT2D eigenvalue weighted by Gasteiger charge is 2.10. The Bertz CT molecular complexity index is 621. The minimum Gasteiger partial charge on any atom is -0.478 e. The van der Waals surface area contributed by atoms with Crippen molar-refractivity contribution in [1.29, 1.82) is 0 Å². The van der Waals surface area contributed by atoms with Crippen molar-refractivity contribution in [3.05, 3.63) is 57.6 Å². The minimum atomic E-state index is -0.990. The third-order valence-electron chi connectivity index (χ3n) is 2.55. The number of aromatic carboxylic acids is 1. The monoisotopic (exact) mass is 295 g/mol. The summed E-state index contributed by atoms with van der Waals surface area (Å²) in [6.45, 7) is 1.89. The number of aryl methyl sites for hydroxylation is 1. The first-order chi connectivity index (χ1) is 8.95. The highest BCUT2D eigenvalue weighted by atomic mass is 35.5. The topological polar surface area (TPSA) is 49.3 Å². The second-order valence-corrected chi connectivity index (χ2v) is 5.01. The van der Waals surface area contributed by atoms with Crippen LogP contribution < -0.4 is 5.32 Å². The van der Waals surface area contributed by atoms with Crippen LogP contribution in [0.3, 0.4) is 0 Å². The lowest BCUT2D eigenvalue weighted by atomic mass is 10.1. The van der Waals surface area contributed by atoms with Gasteiger partial charge >= 0.3 is 5.97 Å². The van der Waals surface area contributed by atoms with Crippen LogP contribution in [0, 0.1) is 6.92 Å². The van der Waals surface area contributed by atoms with Crippen molar-refractivity contribution in [1.82, 2.24) is 0 Å². The van der Waals surface area contributed by atoms with Gasteiger partial charge in [-0.1, -0.05) is 29.3 Å². The Labute approximate surface area is 120 Å². The molecule has 0 atom stereocenters. The zero-order chi connectivity index (χ0) is 14.0. The van der Waals surface area contributed by atoms with E-state index >= 15 is 0 Å². The first-order valence-electron chi connectivity index (χ1n) is 5.53. The van der Waals surface area contributed by atoms with E-state index in [0.717, 1.165) is 5.56 Å². The van der Waals surface area contributed by atoms with Crippen LogP contribution in [0.2, 0.25) is 10.0 Å². The van der Waals surface area contributed by atoms with Crippen molar-refractivity contribution in [2.45, 2.75) is 6.92 Å². The predicted molar refractivity (Wildman–Crippen MR) is 77.9 cm³/mol. The fraction of sp³-hybridized carbons (Fsp3) is 0.0714. The molecular weight excluding hydrogens is 285 g/mol. The highest BCUT2D eigenvalue weighted by molar-refractivity contribution is 6.35. The summed E-state index contributed by atoms with van der Waals surface area (Å²) in [5.41, 5.74) is 2.30. The molecule has 19 heavy (non-hydrogen) atoms. The SMILES string of the molecule is Cc1ccc(C(=O)O)c(Nc2cc(Cl)cc(Cl)c2)c1. The number of hydrogen-bond donors (Lipinski definition) is 2. The fourth-order valence-corrected chi connectivity index (χ4v) is 2.26. The zero-order valence-corrected chi connectivity index (χ0v) is 11.6. The Morgan fingerprint density at radius 3 is 2.32 bits per heavy atom. The molecule has 0 aliphatic carbocycles. The molecule has 0 saturated carbocycles. The first kappa shape index (κ1) is 13.7. The van der Waals surface area contributed by atoms with E-state index in [-0.39, 0.29) is 5.56 Å². The van der Waals surface area contributed by atoms with Gasteiger partial charge in [0.05, 0.1) is 11.3 Å². The summed E-state index contributed by atoms with van der Waals surface area (Å²) < 4.78 is 0. The molecule has 0 aliphatic rings. The Hall–Kier alpha value is -1.71. The van der Waals surface area contributed by atoms with Gasteiger partial charge < -0.3 is 10.4 Å². The lowest BCUT2D eigenvalue weighted by Crippen LogP contribution is -2.03. The Kier molecular flexibility index (Phi) is 3.98. The van der Waals surface area contributed by atoms with E-state index in [9.17, 15) is 4.79 Å². The number of anilines is 2. The molecule has 0 aliphatic heterocycles. The van der Waals surface area contributed by atoms with Crippen LogP contribution in [-0.2, 0) is 0 Å². The van der Waals surface area contributed by atoms with Crippen molar-refractivity contribution in [2.24, 2.45) is 0 Å². The number of halogens is 2. The number of rotatable bonds is 3. The maximum absolute atomic E-state index is 11.2. The van der Waals surface area contributed by atoms with Crippen molar-refractivity contribution >= 4 is 40.5 Å². The van der Waals surface area contributed by atoms with Crippen LogP contribution >= 0.6 is 23.2 Å². The standard InChI is InChI=1S/C14H11Cl2NO2/c1-8-2-3-12(14(18)19)13(4-8)17-11-6-9(15)5-10(16)7-11/h2-7,17H,1H3,(H,18,19). The average molecular weight is 296 g/mol. The molecule has 3 nitrogen and oxygen atoms in total. The molecule has 0 unspecified atom stereocenters. The maximum atomic E-state index is 11.2. The van der Waals surface area contributed by atoms with Crippen LogP contribution in [-0.4, -0.2) is 11.1 Å². The van der Waals surface area contributed by atoms with Crippen molar-refractivity contribution in [3.8, 4) is 0 Å². The Morgan fingerprint density at radius 1 is 1.11 bits per heavy atom. The number of carboxylic acids is 1. The van der Waals surface area contributed by atoms with Gasteiger partial charge in [-0.15, -0.1) is 0 Å². The van der Waals surface area contributed by atoms with Gasteiger partial charge in [0, 0.05) is 15.7 Å². The molecule has 0 bridgehead atoms.